The standard InChI is InChI=1S/C19H27N5O/c1-23(2)19-12-18(21-15-22-19)11-16-13-24(9-10-25-14-16)8-6-17-5-3-4-7-20-17/h3-5,7,12,15-16H,6,8-11,13-14H2,1-2H3/t16-/m0/s1. The van der Waals surface area contributed by atoms with Crippen molar-refractivity contribution in [2.75, 3.05) is 51.8 Å². The lowest BCUT2D eigenvalue weighted by molar-refractivity contribution is 0.121. The summed E-state index contributed by atoms with van der Waals surface area (Å²) in [7, 11) is 4.00. The lowest BCUT2D eigenvalue weighted by atomic mass is 10.0. The second-order valence-corrected chi connectivity index (χ2v) is 6.78. The molecule has 6 heteroatoms. The van der Waals surface area contributed by atoms with E-state index in [9.17, 15) is 0 Å². The van der Waals surface area contributed by atoms with E-state index in [-0.39, 0.29) is 0 Å². The van der Waals surface area contributed by atoms with Gasteiger partial charge in [-0.1, -0.05) is 6.07 Å². The molecule has 0 radical (unpaired) electrons. The van der Waals surface area contributed by atoms with Crippen molar-refractivity contribution < 1.29 is 4.74 Å². The quantitative estimate of drug-likeness (QED) is 0.797. The fraction of sp³-hybridized carbons (Fsp3) is 0.526. The van der Waals surface area contributed by atoms with Gasteiger partial charge in [0.25, 0.3) is 0 Å². The van der Waals surface area contributed by atoms with E-state index < -0.39 is 0 Å². The van der Waals surface area contributed by atoms with Gasteiger partial charge in [-0.15, -0.1) is 0 Å². The van der Waals surface area contributed by atoms with Crippen molar-refractivity contribution in [1.29, 1.82) is 0 Å². The third kappa shape index (κ3) is 5.47. The zero-order chi connectivity index (χ0) is 17.5. The topological polar surface area (TPSA) is 54.4 Å². The van der Waals surface area contributed by atoms with Crippen LogP contribution in [0.5, 0.6) is 0 Å². The molecular weight excluding hydrogens is 314 g/mol. The van der Waals surface area contributed by atoms with Gasteiger partial charge >= 0.3 is 0 Å². The number of nitrogens with zero attached hydrogens (tertiary/aromatic N) is 5. The maximum absolute atomic E-state index is 5.83. The van der Waals surface area contributed by atoms with Crippen LogP contribution in [0.2, 0.25) is 0 Å². The fourth-order valence-corrected chi connectivity index (χ4v) is 3.14. The molecule has 1 fully saturated rings. The molecule has 1 aliphatic rings. The molecule has 0 aromatic carbocycles. The van der Waals surface area contributed by atoms with Gasteiger partial charge in [-0.25, -0.2) is 9.97 Å². The first kappa shape index (κ1) is 17.8. The predicted octanol–water partition coefficient (Wildman–Crippen LogP) is 1.67. The summed E-state index contributed by atoms with van der Waals surface area (Å²) in [5.74, 6) is 1.41. The van der Waals surface area contributed by atoms with Crippen molar-refractivity contribution in [3.63, 3.8) is 0 Å². The Hall–Kier alpha value is -2.05. The molecule has 2 aromatic rings. The molecule has 1 atom stereocenters. The lowest BCUT2D eigenvalue weighted by Crippen LogP contribution is -2.33. The maximum Gasteiger partial charge on any atom is 0.131 e. The molecule has 6 nitrogen and oxygen atoms in total. The Bertz CT molecular complexity index is 649. The van der Waals surface area contributed by atoms with Crippen LogP contribution in [-0.4, -0.2) is 66.8 Å². The number of pyridine rings is 1. The Kier molecular flexibility index (Phi) is 6.30. The van der Waals surface area contributed by atoms with Gasteiger partial charge < -0.3 is 14.5 Å². The number of hydrogen-bond donors (Lipinski definition) is 0. The van der Waals surface area contributed by atoms with Gasteiger partial charge in [0.2, 0.25) is 0 Å². The molecule has 1 aliphatic heterocycles. The molecule has 0 unspecified atom stereocenters. The Labute approximate surface area is 149 Å². The molecule has 0 bridgehead atoms. The number of anilines is 1. The van der Waals surface area contributed by atoms with Crippen molar-refractivity contribution in [2.24, 2.45) is 5.92 Å². The Morgan fingerprint density at radius 1 is 1.20 bits per heavy atom. The first-order valence-electron chi connectivity index (χ1n) is 8.89. The second kappa shape index (κ2) is 8.87. The molecule has 0 N–H and O–H groups in total. The van der Waals surface area contributed by atoms with Gasteiger partial charge in [0.05, 0.1) is 13.2 Å². The van der Waals surface area contributed by atoms with Crippen LogP contribution in [0.1, 0.15) is 11.4 Å². The summed E-state index contributed by atoms with van der Waals surface area (Å²) in [4.78, 5) is 17.7. The van der Waals surface area contributed by atoms with Gasteiger partial charge in [-0.05, 0) is 18.6 Å². The average molecular weight is 341 g/mol. The van der Waals surface area contributed by atoms with E-state index in [0.717, 1.165) is 62.9 Å². The van der Waals surface area contributed by atoms with E-state index in [2.05, 4.69) is 32.0 Å². The fourth-order valence-electron chi connectivity index (χ4n) is 3.14. The highest BCUT2D eigenvalue weighted by Gasteiger charge is 2.20. The highest BCUT2D eigenvalue weighted by atomic mass is 16.5. The van der Waals surface area contributed by atoms with Gasteiger partial charge in [-0.2, -0.15) is 0 Å². The predicted molar refractivity (Wildman–Crippen MR) is 98.8 cm³/mol. The average Bonchev–Trinajstić information content (AvgIpc) is 2.86. The number of ether oxygens (including phenoxy) is 1. The van der Waals surface area contributed by atoms with Crippen molar-refractivity contribution in [3.05, 3.63) is 48.2 Å². The van der Waals surface area contributed by atoms with Crippen LogP contribution in [0.25, 0.3) is 0 Å². The van der Waals surface area contributed by atoms with E-state index >= 15 is 0 Å². The number of aromatic nitrogens is 3. The summed E-state index contributed by atoms with van der Waals surface area (Å²) in [5, 5.41) is 0. The molecular formula is C19H27N5O. The van der Waals surface area contributed by atoms with Crippen LogP contribution in [-0.2, 0) is 17.6 Å². The number of rotatable bonds is 6. The second-order valence-electron chi connectivity index (χ2n) is 6.78. The zero-order valence-corrected chi connectivity index (χ0v) is 15.1. The van der Waals surface area contributed by atoms with E-state index in [4.69, 9.17) is 4.74 Å². The van der Waals surface area contributed by atoms with E-state index in [1.807, 2.05) is 37.3 Å². The molecule has 0 saturated carbocycles. The Morgan fingerprint density at radius 3 is 2.92 bits per heavy atom. The lowest BCUT2D eigenvalue weighted by Gasteiger charge is -2.23. The number of hydrogen-bond acceptors (Lipinski definition) is 6. The third-order valence-corrected chi connectivity index (χ3v) is 4.50. The first-order valence-corrected chi connectivity index (χ1v) is 8.89. The highest BCUT2D eigenvalue weighted by molar-refractivity contribution is 5.36. The molecule has 2 aromatic heterocycles. The Morgan fingerprint density at radius 2 is 2.12 bits per heavy atom. The largest absolute Gasteiger partial charge is 0.380 e. The molecule has 0 aliphatic carbocycles. The summed E-state index contributed by atoms with van der Waals surface area (Å²) in [6, 6.07) is 8.18. The van der Waals surface area contributed by atoms with Gasteiger partial charge in [0.1, 0.15) is 12.1 Å². The van der Waals surface area contributed by atoms with Gasteiger partial charge in [0.15, 0.2) is 0 Å². The molecule has 0 spiro atoms. The summed E-state index contributed by atoms with van der Waals surface area (Å²) in [5.41, 5.74) is 2.23. The smallest absolute Gasteiger partial charge is 0.131 e. The van der Waals surface area contributed by atoms with Crippen LogP contribution in [0.4, 0.5) is 5.82 Å². The monoisotopic (exact) mass is 341 g/mol. The minimum absolute atomic E-state index is 0.455. The summed E-state index contributed by atoms with van der Waals surface area (Å²) in [6.07, 6.45) is 5.41. The first-order chi connectivity index (χ1) is 12.2. The van der Waals surface area contributed by atoms with Crippen molar-refractivity contribution in [2.45, 2.75) is 12.8 Å². The van der Waals surface area contributed by atoms with Crippen LogP contribution >= 0.6 is 0 Å². The normalized spacial score (nSPS) is 18.7. The Balaban J connectivity index is 1.57. The van der Waals surface area contributed by atoms with Crippen molar-refractivity contribution >= 4 is 5.82 Å². The molecule has 0 amide bonds. The summed E-state index contributed by atoms with van der Waals surface area (Å²) < 4.78 is 5.83. The molecule has 25 heavy (non-hydrogen) atoms. The zero-order valence-electron chi connectivity index (χ0n) is 15.1. The molecule has 134 valence electrons. The molecule has 3 heterocycles. The van der Waals surface area contributed by atoms with E-state index in [0.29, 0.717) is 5.92 Å². The van der Waals surface area contributed by atoms with Gasteiger partial charge in [-0.3, -0.25) is 4.98 Å². The SMILES string of the molecule is CN(C)c1cc(C[C@@H]2COCCN(CCc3ccccn3)C2)ncn1. The minimum atomic E-state index is 0.455. The maximum atomic E-state index is 5.83. The molecule has 1 saturated heterocycles. The van der Waals surface area contributed by atoms with Crippen LogP contribution < -0.4 is 4.90 Å². The van der Waals surface area contributed by atoms with Crippen LogP contribution in [0, 0.1) is 5.92 Å². The van der Waals surface area contributed by atoms with Gasteiger partial charge in [0, 0.05) is 69.7 Å². The van der Waals surface area contributed by atoms with E-state index in [1.165, 1.54) is 0 Å². The summed E-state index contributed by atoms with van der Waals surface area (Å²) >= 11 is 0. The minimum Gasteiger partial charge on any atom is -0.380 e. The van der Waals surface area contributed by atoms with Crippen molar-refractivity contribution in [3.8, 4) is 0 Å². The van der Waals surface area contributed by atoms with E-state index in [1.54, 1.807) is 6.33 Å². The van der Waals surface area contributed by atoms with Crippen LogP contribution in [0.3, 0.4) is 0 Å². The highest BCUT2D eigenvalue weighted by Crippen LogP contribution is 2.15. The van der Waals surface area contributed by atoms with Crippen molar-refractivity contribution in [1.82, 2.24) is 19.9 Å². The molecule has 3 rings (SSSR count). The van der Waals surface area contributed by atoms with Crippen LogP contribution in [0.15, 0.2) is 36.8 Å². The third-order valence-electron chi connectivity index (χ3n) is 4.50. The summed E-state index contributed by atoms with van der Waals surface area (Å²) in [6.45, 7) is 4.63.